The fourth-order valence-corrected chi connectivity index (χ4v) is 1.40. The van der Waals surface area contributed by atoms with E-state index in [0.717, 1.165) is 6.42 Å². The standard InChI is InChI=1S/C15H19N3O5/c1-3-10(2)17-14(21)15(22)18-16-8-11-4-6-12(7-5-11)23-9-13(19)20/h4-8,10H,3,9H2,1-2H3,(H,17,21)(H,18,22)(H,19,20)/b16-8-/t10-/m0/s1. The minimum Gasteiger partial charge on any atom is -0.482 e. The summed E-state index contributed by atoms with van der Waals surface area (Å²) < 4.78 is 4.98. The van der Waals surface area contributed by atoms with Gasteiger partial charge in [0, 0.05) is 6.04 Å². The van der Waals surface area contributed by atoms with Crippen molar-refractivity contribution in [3.05, 3.63) is 29.8 Å². The van der Waals surface area contributed by atoms with E-state index in [9.17, 15) is 14.4 Å². The third-order valence-corrected chi connectivity index (χ3v) is 2.82. The van der Waals surface area contributed by atoms with Gasteiger partial charge < -0.3 is 15.2 Å². The highest BCUT2D eigenvalue weighted by atomic mass is 16.5. The zero-order chi connectivity index (χ0) is 17.2. The molecule has 23 heavy (non-hydrogen) atoms. The summed E-state index contributed by atoms with van der Waals surface area (Å²) in [6.45, 7) is 3.27. The van der Waals surface area contributed by atoms with E-state index in [4.69, 9.17) is 9.84 Å². The van der Waals surface area contributed by atoms with Gasteiger partial charge in [0.2, 0.25) is 0 Å². The highest BCUT2D eigenvalue weighted by molar-refractivity contribution is 6.35. The number of carboxylic acid groups (broad SMARTS) is 1. The van der Waals surface area contributed by atoms with Crippen LogP contribution in [-0.2, 0) is 14.4 Å². The second-order valence-corrected chi connectivity index (χ2v) is 4.73. The molecule has 1 aromatic carbocycles. The third-order valence-electron chi connectivity index (χ3n) is 2.82. The predicted molar refractivity (Wildman–Crippen MR) is 83.2 cm³/mol. The number of carbonyl (C=O) groups is 3. The summed E-state index contributed by atoms with van der Waals surface area (Å²) in [6, 6.07) is 6.32. The average molecular weight is 321 g/mol. The molecule has 3 N–H and O–H groups in total. The van der Waals surface area contributed by atoms with Gasteiger partial charge in [0.25, 0.3) is 0 Å². The maximum absolute atomic E-state index is 11.5. The molecule has 2 amide bonds. The molecule has 0 bridgehead atoms. The van der Waals surface area contributed by atoms with Crippen LogP contribution in [0.5, 0.6) is 5.75 Å². The van der Waals surface area contributed by atoms with E-state index < -0.39 is 24.4 Å². The van der Waals surface area contributed by atoms with Crippen molar-refractivity contribution in [1.29, 1.82) is 0 Å². The lowest BCUT2D eigenvalue weighted by atomic mass is 10.2. The SMILES string of the molecule is CC[C@H](C)NC(=O)C(=O)N/N=C\c1ccc(OCC(=O)O)cc1. The number of carbonyl (C=O) groups excluding carboxylic acids is 2. The molecule has 124 valence electrons. The first-order chi connectivity index (χ1) is 10.9. The van der Waals surface area contributed by atoms with Crippen molar-refractivity contribution in [1.82, 2.24) is 10.7 Å². The Hall–Kier alpha value is -2.90. The largest absolute Gasteiger partial charge is 0.482 e. The van der Waals surface area contributed by atoms with E-state index in [0.29, 0.717) is 11.3 Å². The van der Waals surface area contributed by atoms with Crippen LogP contribution in [0.15, 0.2) is 29.4 Å². The zero-order valence-electron chi connectivity index (χ0n) is 12.9. The van der Waals surface area contributed by atoms with Gasteiger partial charge in [0.15, 0.2) is 6.61 Å². The monoisotopic (exact) mass is 321 g/mol. The third kappa shape index (κ3) is 7.07. The quantitative estimate of drug-likeness (QED) is 0.384. The summed E-state index contributed by atoms with van der Waals surface area (Å²) in [5.41, 5.74) is 2.77. The molecule has 0 heterocycles. The van der Waals surface area contributed by atoms with Crippen molar-refractivity contribution in [2.24, 2.45) is 5.10 Å². The number of hydrazone groups is 1. The van der Waals surface area contributed by atoms with Gasteiger partial charge in [-0.1, -0.05) is 6.92 Å². The summed E-state index contributed by atoms with van der Waals surface area (Å²) >= 11 is 0. The number of nitrogens with one attached hydrogen (secondary N) is 2. The Balaban J connectivity index is 2.46. The van der Waals surface area contributed by atoms with Crippen LogP contribution in [0.2, 0.25) is 0 Å². The molecule has 0 saturated heterocycles. The first kappa shape index (κ1) is 18.1. The molecular weight excluding hydrogens is 302 g/mol. The Morgan fingerprint density at radius 3 is 2.48 bits per heavy atom. The van der Waals surface area contributed by atoms with Crippen LogP contribution in [0, 0.1) is 0 Å². The minimum absolute atomic E-state index is 0.0874. The average Bonchev–Trinajstić information content (AvgIpc) is 2.53. The van der Waals surface area contributed by atoms with Gasteiger partial charge in [-0.15, -0.1) is 0 Å². The molecular formula is C15H19N3O5. The summed E-state index contributed by atoms with van der Waals surface area (Å²) in [5.74, 6) is -2.24. The molecule has 8 nitrogen and oxygen atoms in total. The maximum Gasteiger partial charge on any atom is 0.341 e. The highest BCUT2D eigenvalue weighted by Gasteiger charge is 2.14. The molecule has 0 aliphatic carbocycles. The lowest BCUT2D eigenvalue weighted by Crippen LogP contribution is -2.41. The summed E-state index contributed by atoms with van der Waals surface area (Å²) in [7, 11) is 0. The number of rotatable bonds is 7. The van der Waals surface area contributed by atoms with E-state index >= 15 is 0 Å². The number of nitrogens with zero attached hydrogens (tertiary/aromatic N) is 1. The van der Waals surface area contributed by atoms with Crippen LogP contribution >= 0.6 is 0 Å². The number of aliphatic carboxylic acids is 1. The van der Waals surface area contributed by atoms with Crippen molar-refractivity contribution in [2.45, 2.75) is 26.3 Å². The summed E-state index contributed by atoms with van der Waals surface area (Å²) in [4.78, 5) is 33.3. The Morgan fingerprint density at radius 1 is 1.26 bits per heavy atom. The number of ether oxygens (including phenoxy) is 1. The number of hydrogen-bond donors (Lipinski definition) is 3. The molecule has 0 aromatic heterocycles. The molecule has 1 aromatic rings. The van der Waals surface area contributed by atoms with E-state index in [1.54, 1.807) is 31.2 Å². The second-order valence-electron chi connectivity index (χ2n) is 4.73. The number of amides is 2. The highest BCUT2D eigenvalue weighted by Crippen LogP contribution is 2.10. The predicted octanol–water partition coefficient (Wildman–Crippen LogP) is 0.515. The summed E-state index contributed by atoms with van der Waals surface area (Å²) in [5, 5.41) is 14.7. The van der Waals surface area contributed by atoms with Gasteiger partial charge in [-0.3, -0.25) is 9.59 Å². The summed E-state index contributed by atoms with van der Waals surface area (Å²) in [6.07, 6.45) is 2.08. The molecule has 0 aliphatic heterocycles. The Kier molecular flexibility index (Phi) is 7.25. The van der Waals surface area contributed by atoms with Gasteiger partial charge >= 0.3 is 17.8 Å². The van der Waals surface area contributed by atoms with Gasteiger partial charge in [0.1, 0.15) is 5.75 Å². The number of benzene rings is 1. The lowest BCUT2D eigenvalue weighted by Gasteiger charge is -2.09. The first-order valence-corrected chi connectivity index (χ1v) is 7.01. The Bertz CT molecular complexity index is 583. The van der Waals surface area contributed by atoms with Crippen LogP contribution < -0.4 is 15.5 Å². The molecule has 0 saturated carbocycles. The maximum atomic E-state index is 11.5. The number of hydrogen-bond acceptors (Lipinski definition) is 5. The molecule has 0 spiro atoms. The van der Waals surface area contributed by atoms with E-state index in [1.807, 2.05) is 6.92 Å². The van der Waals surface area contributed by atoms with Crippen LogP contribution in [0.3, 0.4) is 0 Å². The molecule has 0 fully saturated rings. The van der Waals surface area contributed by atoms with Gasteiger partial charge in [-0.2, -0.15) is 5.10 Å². The molecule has 1 rings (SSSR count). The number of carboxylic acids is 1. The Morgan fingerprint density at radius 2 is 1.91 bits per heavy atom. The van der Waals surface area contributed by atoms with E-state index in [1.165, 1.54) is 6.21 Å². The smallest absolute Gasteiger partial charge is 0.341 e. The van der Waals surface area contributed by atoms with Crippen molar-refractivity contribution in [3.8, 4) is 5.75 Å². The van der Waals surface area contributed by atoms with Crippen LogP contribution in [0.4, 0.5) is 0 Å². The zero-order valence-corrected chi connectivity index (χ0v) is 12.9. The van der Waals surface area contributed by atoms with Gasteiger partial charge in [-0.05, 0) is 43.2 Å². The topological polar surface area (TPSA) is 117 Å². The van der Waals surface area contributed by atoms with Crippen molar-refractivity contribution in [3.63, 3.8) is 0 Å². The lowest BCUT2D eigenvalue weighted by molar-refractivity contribution is -0.139. The fraction of sp³-hybridized carbons (Fsp3) is 0.333. The molecule has 0 radical (unpaired) electrons. The molecule has 1 atom stereocenters. The van der Waals surface area contributed by atoms with E-state index in [-0.39, 0.29) is 6.04 Å². The second kappa shape index (κ2) is 9.19. The normalized spacial score (nSPS) is 11.7. The van der Waals surface area contributed by atoms with Crippen molar-refractivity contribution < 1.29 is 24.2 Å². The van der Waals surface area contributed by atoms with Crippen molar-refractivity contribution in [2.75, 3.05) is 6.61 Å². The molecule has 0 unspecified atom stereocenters. The molecule has 0 aliphatic rings. The van der Waals surface area contributed by atoms with Gasteiger partial charge in [-0.25, -0.2) is 10.2 Å². The van der Waals surface area contributed by atoms with Crippen LogP contribution in [0.1, 0.15) is 25.8 Å². The van der Waals surface area contributed by atoms with Crippen molar-refractivity contribution >= 4 is 24.0 Å². The minimum atomic E-state index is -1.06. The van der Waals surface area contributed by atoms with E-state index in [2.05, 4.69) is 15.8 Å². The fourth-order valence-electron chi connectivity index (χ4n) is 1.40. The van der Waals surface area contributed by atoms with Gasteiger partial charge in [0.05, 0.1) is 6.21 Å². The molecule has 8 heteroatoms. The van der Waals surface area contributed by atoms with Crippen LogP contribution in [0.25, 0.3) is 0 Å². The Labute approximate surface area is 133 Å². The first-order valence-electron chi connectivity index (χ1n) is 7.01. The van der Waals surface area contributed by atoms with Crippen LogP contribution in [-0.4, -0.2) is 41.8 Å².